The standard InChI is InChI=1S/C15H20BrNO2/c1-9(2)17-7-12(13(8-17)15(18)19)11-5-4-10(3)6-14(11)16/h4-6,9,12-13H,7-8H2,1-3H3,(H,18,19). The molecule has 0 radical (unpaired) electrons. The maximum absolute atomic E-state index is 11.5. The topological polar surface area (TPSA) is 40.5 Å². The molecule has 1 aliphatic rings. The molecule has 0 aromatic heterocycles. The molecule has 0 saturated carbocycles. The number of aliphatic carboxylic acids is 1. The van der Waals surface area contributed by atoms with Crippen molar-refractivity contribution >= 4 is 21.9 Å². The van der Waals surface area contributed by atoms with E-state index in [0.29, 0.717) is 12.6 Å². The molecule has 3 nitrogen and oxygen atoms in total. The van der Waals surface area contributed by atoms with Crippen molar-refractivity contribution in [3.8, 4) is 0 Å². The van der Waals surface area contributed by atoms with Crippen LogP contribution in [0.5, 0.6) is 0 Å². The number of carbonyl (C=O) groups is 1. The quantitative estimate of drug-likeness (QED) is 0.927. The van der Waals surface area contributed by atoms with E-state index in [0.717, 1.165) is 16.6 Å². The van der Waals surface area contributed by atoms with Gasteiger partial charge in [-0.1, -0.05) is 28.1 Å². The zero-order chi connectivity index (χ0) is 14.2. The third kappa shape index (κ3) is 3.00. The lowest BCUT2D eigenvalue weighted by atomic mass is 9.88. The fraction of sp³-hybridized carbons (Fsp3) is 0.533. The molecule has 2 rings (SSSR count). The van der Waals surface area contributed by atoms with Crippen LogP contribution in [0, 0.1) is 12.8 Å². The molecule has 0 bridgehead atoms. The van der Waals surface area contributed by atoms with Crippen molar-refractivity contribution in [3.63, 3.8) is 0 Å². The van der Waals surface area contributed by atoms with Crippen LogP contribution < -0.4 is 0 Å². The van der Waals surface area contributed by atoms with Gasteiger partial charge in [-0.2, -0.15) is 0 Å². The number of rotatable bonds is 3. The van der Waals surface area contributed by atoms with E-state index in [2.05, 4.69) is 52.9 Å². The maximum Gasteiger partial charge on any atom is 0.308 e. The Labute approximate surface area is 122 Å². The van der Waals surface area contributed by atoms with E-state index >= 15 is 0 Å². The number of nitrogens with zero attached hydrogens (tertiary/aromatic N) is 1. The summed E-state index contributed by atoms with van der Waals surface area (Å²) in [7, 11) is 0. The van der Waals surface area contributed by atoms with Crippen molar-refractivity contribution in [2.45, 2.75) is 32.7 Å². The molecular weight excluding hydrogens is 306 g/mol. The number of hydrogen-bond acceptors (Lipinski definition) is 2. The molecule has 1 aliphatic heterocycles. The van der Waals surface area contributed by atoms with E-state index in [9.17, 15) is 9.90 Å². The lowest BCUT2D eigenvalue weighted by Crippen LogP contribution is -2.29. The molecule has 2 unspecified atom stereocenters. The average molecular weight is 326 g/mol. The molecule has 1 aromatic carbocycles. The van der Waals surface area contributed by atoms with Crippen LogP contribution in [-0.4, -0.2) is 35.1 Å². The monoisotopic (exact) mass is 325 g/mol. The third-order valence-electron chi connectivity index (χ3n) is 3.95. The van der Waals surface area contributed by atoms with Crippen LogP contribution >= 0.6 is 15.9 Å². The van der Waals surface area contributed by atoms with Crippen molar-refractivity contribution in [1.82, 2.24) is 4.90 Å². The van der Waals surface area contributed by atoms with Crippen LogP contribution in [0.15, 0.2) is 22.7 Å². The largest absolute Gasteiger partial charge is 0.481 e. The second-order valence-corrected chi connectivity index (χ2v) is 6.48. The minimum Gasteiger partial charge on any atom is -0.481 e. The second kappa shape index (κ2) is 5.63. The Morgan fingerprint density at radius 2 is 2.11 bits per heavy atom. The van der Waals surface area contributed by atoms with E-state index in [4.69, 9.17) is 0 Å². The lowest BCUT2D eigenvalue weighted by molar-refractivity contribution is -0.141. The summed E-state index contributed by atoms with van der Waals surface area (Å²) in [4.78, 5) is 13.7. The number of halogens is 1. The number of hydrogen-bond donors (Lipinski definition) is 1. The van der Waals surface area contributed by atoms with Crippen molar-refractivity contribution in [3.05, 3.63) is 33.8 Å². The van der Waals surface area contributed by atoms with Crippen LogP contribution in [0.4, 0.5) is 0 Å². The zero-order valence-electron chi connectivity index (χ0n) is 11.6. The molecular formula is C15H20BrNO2. The first kappa shape index (κ1) is 14.5. The lowest BCUT2D eigenvalue weighted by Gasteiger charge is -2.20. The molecule has 104 valence electrons. The van der Waals surface area contributed by atoms with Crippen molar-refractivity contribution in [2.24, 2.45) is 5.92 Å². The van der Waals surface area contributed by atoms with Gasteiger partial charge in [-0.25, -0.2) is 0 Å². The number of benzene rings is 1. The van der Waals surface area contributed by atoms with E-state index < -0.39 is 5.97 Å². The molecule has 0 amide bonds. The summed E-state index contributed by atoms with van der Waals surface area (Å²) in [5.41, 5.74) is 2.29. The van der Waals surface area contributed by atoms with Gasteiger partial charge in [-0.15, -0.1) is 0 Å². The third-order valence-corrected chi connectivity index (χ3v) is 4.64. The molecule has 0 aliphatic carbocycles. The summed E-state index contributed by atoms with van der Waals surface area (Å²) in [5, 5.41) is 9.45. The van der Waals surface area contributed by atoms with Gasteiger partial charge >= 0.3 is 5.97 Å². The summed E-state index contributed by atoms with van der Waals surface area (Å²) >= 11 is 3.58. The summed E-state index contributed by atoms with van der Waals surface area (Å²) in [6, 6.07) is 6.56. The van der Waals surface area contributed by atoms with Gasteiger partial charge in [0, 0.05) is 29.5 Å². The minimum atomic E-state index is -0.694. The number of likely N-dealkylation sites (tertiary alicyclic amines) is 1. The van der Waals surface area contributed by atoms with Gasteiger partial charge in [-0.05, 0) is 38.0 Å². The van der Waals surface area contributed by atoms with Gasteiger partial charge in [0.25, 0.3) is 0 Å². The highest BCUT2D eigenvalue weighted by Gasteiger charge is 2.39. The molecule has 1 aromatic rings. The first-order valence-electron chi connectivity index (χ1n) is 6.63. The molecule has 1 heterocycles. The molecule has 19 heavy (non-hydrogen) atoms. The Morgan fingerprint density at radius 3 is 2.63 bits per heavy atom. The summed E-state index contributed by atoms with van der Waals surface area (Å²) in [6.07, 6.45) is 0. The van der Waals surface area contributed by atoms with E-state index in [-0.39, 0.29) is 11.8 Å². The molecule has 1 N–H and O–H groups in total. The highest BCUT2D eigenvalue weighted by Crippen LogP contribution is 2.37. The molecule has 4 heteroatoms. The fourth-order valence-electron chi connectivity index (χ4n) is 2.75. The summed E-state index contributed by atoms with van der Waals surface area (Å²) in [5.74, 6) is -0.947. The van der Waals surface area contributed by atoms with Crippen LogP contribution in [0.2, 0.25) is 0 Å². The Bertz CT molecular complexity index is 487. The second-order valence-electron chi connectivity index (χ2n) is 5.62. The van der Waals surface area contributed by atoms with Crippen LogP contribution in [0.1, 0.15) is 30.9 Å². The number of carboxylic acids is 1. The van der Waals surface area contributed by atoms with Crippen LogP contribution in [0.25, 0.3) is 0 Å². The fourth-order valence-corrected chi connectivity index (χ4v) is 3.54. The Balaban J connectivity index is 2.33. The number of carboxylic acid groups (broad SMARTS) is 1. The van der Waals surface area contributed by atoms with Gasteiger partial charge in [0.05, 0.1) is 5.92 Å². The van der Waals surface area contributed by atoms with Gasteiger partial charge in [0.2, 0.25) is 0 Å². The molecule has 1 fully saturated rings. The van der Waals surface area contributed by atoms with Crippen LogP contribution in [0.3, 0.4) is 0 Å². The highest BCUT2D eigenvalue weighted by molar-refractivity contribution is 9.10. The zero-order valence-corrected chi connectivity index (χ0v) is 13.1. The van der Waals surface area contributed by atoms with E-state index in [1.54, 1.807) is 0 Å². The minimum absolute atomic E-state index is 0.0647. The smallest absolute Gasteiger partial charge is 0.308 e. The van der Waals surface area contributed by atoms with Crippen LogP contribution in [-0.2, 0) is 4.79 Å². The summed E-state index contributed by atoms with van der Waals surface area (Å²) < 4.78 is 1.02. The Morgan fingerprint density at radius 1 is 1.42 bits per heavy atom. The summed E-state index contributed by atoms with van der Waals surface area (Å²) in [6.45, 7) is 7.73. The van der Waals surface area contributed by atoms with E-state index in [1.807, 2.05) is 6.92 Å². The highest BCUT2D eigenvalue weighted by atomic mass is 79.9. The van der Waals surface area contributed by atoms with Crippen molar-refractivity contribution in [1.29, 1.82) is 0 Å². The van der Waals surface area contributed by atoms with Crippen molar-refractivity contribution in [2.75, 3.05) is 13.1 Å². The maximum atomic E-state index is 11.5. The normalized spacial score (nSPS) is 24.1. The van der Waals surface area contributed by atoms with Gasteiger partial charge in [0.15, 0.2) is 0 Å². The molecule has 1 saturated heterocycles. The Kier molecular flexibility index (Phi) is 4.31. The van der Waals surface area contributed by atoms with Gasteiger partial charge in [0.1, 0.15) is 0 Å². The average Bonchev–Trinajstić information content (AvgIpc) is 2.73. The predicted octanol–water partition coefficient (Wildman–Crippen LogP) is 3.27. The Hall–Kier alpha value is -0.870. The predicted molar refractivity (Wildman–Crippen MR) is 79.5 cm³/mol. The first-order chi connectivity index (χ1) is 8.90. The van der Waals surface area contributed by atoms with Gasteiger partial charge < -0.3 is 5.11 Å². The van der Waals surface area contributed by atoms with Crippen molar-refractivity contribution < 1.29 is 9.90 Å². The molecule has 2 atom stereocenters. The van der Waals surface area contributed by atoms with E-state index in [1.165, 1.54) is 5.56 Å². The first-order valence-corrected chi connectivity index (χ1v) is 7.42. The SMILES string of the molecule is Cc1ccc(C2CN(C(C)C)CC2C(=O)O)c(Br)c1. The number of aryl methyl sites for hydroxylation is 1. The molecule has 0 spiro atoms. The van der Waals surface area contributed by atoms with Gasteiger partial charge in [-0.3, -0.25) is 9.69 Å².